The Morgan fingerprint density at radius 2 is 2.03 bits per heavy atom. The topological polar surface area (TPSA) is 44.0 Å². The van der Waals surface area contributed by atoms with Crippen LogP contribution in [0.5, 0.6) is 0 Å². The molecule has 1 fully saturated rings. The molecule has 1 aromatic carbocycles. The average molecular weight is 479 g/mol. The largest absolute Gasteiger partial charge is 0.472 e. The van der Waals surface area contributed by atoms with Gasteiger partial charge in [-0.25, -0.2) is 4.99 Å². The summed E-state index contributed by atoms with van der Waals surface area (Å²) >= 11 is 1.81. The second-order valence-electron chi connectivity index (χ2n) is 7.93. The van der Waals surface area contributed by atoms with Crippen LogP contribution in [0.3, 0.4) is 0 Å². The van der Waals surface area contributed by atoms with E-state index in [1.165, 1.54) is 21.0 Å². The van der Waals surface area contributed by atoms with Crippen LogP contribution in [-0.2, 0) is 6.42 Å². The van der Waals surface area contributed by atoms with E-state index in [1.807, 2.05) is 6.26 Å². The molecule has 0 aliphatic carbocycles. The number of benzene rings is 1. The number of hydrogen-bond acceptors (Lipinski definition) is 6. The van der Waals surface area contributed by atoms with Gasteiger partial charge < -0.3 is 14.6 Å². The molecule has 31 heavy (non-hydrogen) atoms. The summed E-state index contributed by atoms with van der Waals surface area (Å²) in [7, 11) is 2.24. The summed E-state index contributed by atoms with van der Waals surface area (Å²) in [5.74, 6) is 1.10. The van der Waals surface area contributed by atoms with Gasteiger partial charge in [0.25, 0.3) is 0 Å². The molecule has 5 rings (SSSR count). The van der Waals surface area contributed by atoms with Crippen molar-refractivity contribution in [1.29, 1.82) is 0 Å². The van der Waals surface area contributed by atoms with Crippen molar-refractivity contribution >= 4 is 58.4 Å². The Bertz CT molecular complexity index is 1030. The molecule has 1 unspecified atom stereocenters. The minimum absolute atomic E-state index is 0. The number of amidine groups is 1. The maximum atomic E-state index is 5.24. The van der Waals surface area contributed by atoms with Gasteiger partial charge >= 0.3 is 0 Å². The number of halogens is 2. The van der Waals surface area contributed by atoms with Crippen molar-refractivity contribution < 1.29 is 4.42 Å². The van der Waals surface area contributed by atoms with Gasteiger partial charge in [-0.15, -0.1) is 36.2 Å². The van der Waals surface area contributed by atoms with Gasteiger partial charge in [0.1, 0.15) is 10.8 Å². The molecule has 3 aromatic rings. The van der Waals surface area contributed by atoms with Crippen LogP contribution in [0.4, 0.5) is 16.4 Å². The van der Waals surface area contributed by atoms with Gasteiger partial charge in [0.05, 0.1) is 29.5 Å². The van der Waals surface area contributed by atoms with Crippen LogP contribution in [0.25, 0.3) is 0 Å². The molecule has 2 aromatic heterocycles. The lowest BCUT2D eigenvalue weighted by Crippen LogP contribution is -2.53. The normalized spacial score (nSPS) is 17.9. The maximum Gasteiger partial charge on any atom is 0.139 e. The second kappa shape index (κ2) is 10.1. The standard InChI is InChI=1S/C23H26N4OS.2ClH/c1-16-13-19-22(24-20-5-3-4-6-21(20)25-23(19)29-16)27-11-10-26(2)18(14-27)8-7-17-9-12-28-15-17;;/h3-6,9,12-13,15,18,25H,7-8,10-11,14H2,1-2H3;2*1H. The van der Waals surface area contributed by atoms with Crippen molar-refractivity contribution in [2.75, 3.05) is 32.0 Å². The van der Waals surface area contributed by atoms with Gasteiger partial charge in [-0.05, 0) is 56.6 Å². The molecule has 0 spiro atoms. The number of piperazine rings is 1. The molecular weight excluding hydrogens is 451 g/mol. The Morgan fingerprint density at radius 1 is 1.19 bits per heavy atom. The summed E-state index contributed by atoms with van der Waals surface area (Å²) in [6.07, 6.45) is 5.78. The number of likely N-dealkylation sites (N-methyl/N-ethyl adjacent to an activating group) is 1. The van der Waals surface area contributed by atoms with Gasteiger partial charge in [0.2, 0.25) is 0 Å². The summed E-state index contributed by atoms with van der Waals surface area (Å²) in [6.45, 7) is 5.20. The number of furan rings is 1. The number of nitrogens with zero attached hydrogens (tertiary/aromatic N) is 3. The number of hydrogen-bond donors (Lipinski definition) is 1. The lowest BCUT2D eigenvalue weighted by molar-refractivity contribution is 0.134. The minimum atomic E-state index is 0. The van der Waals surface area contributed by atoms with E-state index in [4.69, 9.17) is 9.41 Å². The van der Waals surface area contributed by atoms with Gasteiger partial charge in [-0.1, -0.05) is 12.1 Å². The van der Waals surface area contributed by atoms with Crippen LogP contribution < -0.4 is 5.32 Å². The Hall–Kier alpha value is -1.99. The van der Waals surface area contributed by atoms with E-state index < -0.39 is 0 Å². The van der Waals surface area contributed by atoms with E-state index in [1.54, 1.807) is 17.6 Å². The zero-order chi connectivity index (χ0) is 19.8. The number of aryl methyl sites for hydroxylation is 2. The molecule has 4 heterocycles. The minimum Gasteiger partial charge on any atom is -0.472 e. The number of nitrogens with one attached hydrogen (secondary N) is 1. The van der Waals surface area contributed by atoms with E-state index in [9.17, 15) is 0 Å². The quantitative estimate of drug-likeness (QED) is 0.510. The molecule has 5 nitrogen and oxygen atoms in total. The molecular formula is C23H28Cl2N4OS. The van der Waals surface area contributed by atoms with Gasteiger partial charge in [-0.3, -0.25) is 4.90 Å². The number of thiophene rings is 1. The van der Waals surface area contributed by atoms with Crippen LogP contribution in [0, 0.1) is 6.92 Å². The van der Waals surface area contributed by atoms with Gasteiger partial charge in [0, 0.05) is 30.6 Å². The Kier molecular flexibility index (Phi) is 7.70. The Balaban J connectivity index is 0.00000136. The molecule has 0 bridgehead atoms. The van der Waals surface area contributed by atoms with Crippen molar-refractivity contribution in [1.82, 2.24) is 9.80 Å². The third-order valence-corrected chi connectivity index (χ3v) is 6.86. The fourth-order valence-electron chi connectivity index (χ4n) is 4.21. The summed E-state index contributed by atoms with van der Waals surface area (Å²) < 4.78 is 5.24. The molecule has 166 valence electrons. The summed E-state index contributed by atoms with van der Waals surface area (Å²) in [5.41, 5.74) is 4.59. The third kappa shape index (κ3) is 4.93. The lowest BCUT2D eigenvalue weighted by atomic mass is 10.0. The van der Waals surface area contributed by atoms with E-state index in [0.29, 0.717) is 6.04 Å². The van der Waals surface area contributed by atoms with Crippen molar-refractivity contribution in [3.8, 4) is 0 Å². The summed E-state index contributed by atoms with van der Waals surface area (Å²) in [6, 6.07) is 13.2. The van der Waals surface area contributed by atoms with Crippen molar-refractivity contribution in [3.05, 3.63) is 64.9 Å². The van der Waals surface area contributed by atoms with Crippen molar-refractivity contribution in [2.45, 2.75) is 25.8 Å². The molecule has 1 N–H and O–H groups in total. The first-order chi connectivity index (χ1) is 14.2. The van der Waals surface area contributed by atoms with Crippen LogP contribution in [-0.4, -0.2) is 48.4 Å². The second-order valence-corrected chi connectivity index (χ2v) is 9.18. The zero-order valence-corrected chi connectivity index (χ0v) is 20.2. The van der Waals surface area contributed by atoms with E-state index in [2.05, 4.69) is 65.5 Å². The zero-order valence-electron chi connectivity index (χ0n) is 17.7. The number of aliphatic imine (C=N–C) groups is 1. The van der Waals surface area contributed by atoms with Gasteiger partial charge in [0.15, 0.2) is 0 Å². The maximum absolute atomic E-state index is 5.24. The Labute approximate surface area is 200 Å². The number of rotatable bonds is 3. The highest BCUT2D eigenvalue weighted by Crippen LogP contribution is 2.39. The van der Waals surface area contributed by atoms with E-state index >= 15 is 0 Å². The van der Waals surface area contributed by atoms with E-state index in [0.717, 1.165) is 49.7 Å². The molecule has 1 saturated heterocycles. The molecule has 0 amide bonds. The number of anilines is 2. The molecule has 2 aliphatic heterocycles. The monoisotopic (exact) mass is 478 g/mol. The summed E-state index contributed by atoms with van der Waals surface area (Å²) in [5, 5.41) is 4.81. The number of fused-ring (bicyclic) bond motifs is 2. The molecule has 1 atom stereocenters. The predicted molar refractivity (Wildman–Crippen MR) is 134 cm³/mol. The Morgan fingerprint density at radius 3 is 2.84 bits per heavy atom. The van der Waals surface area contributed by atoms with Crippen LogP contribution >= 0.6 is 36.2 Å². The van der Waals surface area contributed by atoms with Gasteiger partial charge in [-0.2, -0.15) is 0 Å². The van der Waals surface area contributed by atoms with Crippen LogP contribution in [0.1, 0.15) is 22.4 Å². The highest BCUT2D eigenvalue weighted by Gasteiger charge is 2.29. The third-order valence-electron chi connectivity index (χ3n) is 5.90. The fraction of sp³-hybridized carbons (Fsp3) is 0.348. The number of para-hydroxylation sites is 2. The highest BCUT2D eigenvalue weighted by molar-refractivity contribution is 7.16. The van der Waals surface area contributed by atoms with Crippen molar-refractivity contribution in [3.63, 3.8) is 0 Å². The average Bonchev–Trinajstić information content (AvgIpc) is 3.33. The molecule has 8 heteroatoms. The van der Waals surface area contributed by atoms with Crippen molar-refractivity contribution in [2.24, 2.45) is 4.99 Å². The first-order valence-corrected chi connectivity index (χ1v) is 11.0. The van der Waals surface area contributed by atoms with Crippen LogP contribution in [0.15, 0.2) is 58.3 Å². The fourth-order valence-corrected chi connectivity index (χ4v) is 5.13. The molecule has 0 radical (unpaired) electrons. The first kappa shape index (κ1) is 23.7. The van der Waals surface area contributed by atoms with Crippen LogP contribution in [0.2, 0.25) is 0 Å². The highest BCUT2D eigenvalue weighted by atomic mass is 35.5. The summed E-state index contributed by atoms with van der Waals surface area (Å²) in [4.78, 5) is 11.4. The smallest absolute Gasteiger partial charge is 0.139 e. The molecule has 2 aliphatic rings. The predicted octanol–water partition coefficient (Wildman–Crippen LogP) is 5.88. The van der Waals surface area contributed by atoms with E-state index in [-0.39, 0.29) is 24.8 Å². The molecule has 0 saturated carbocycles. The first-order valence-electron chi connectivity index (χ1n) is 10.2. The SMILES string of the molecule is Cc1cc2c(s1)Nc1ccccc1N=C2N1CCN(C)C(CCc2ccoc2)C1.Cl.Cl. The lowest BCUT2D eigenvalue weighted by Gasteiger charge is -2.41.